The number of phenols is 1. The fourth-order valence-corrected chi connectivity index (χ4v) is 2.96. The molecular formula is C22H24N2O2. The van der Waals surface area contributed by atoms with Crippen molar-refractivity contribution < 1.29 is 9.90 Å². The van der Waals surface area contributed by atoms with Gasteiger partial charge in [0.25, 0.3) is 5.91 Å². The number of carbonyl (C=O) groups is 1. The second-order valence-electron chi connectivity index (χ2n) is 6.35. The van der Waals surface area contributed by atoms with Crippen LogP contribution in [0.25, 0.3) is 0 Å². The first-order valence-corrected chi connectivity index (χ1v) is 8.97. The molecule has 1 aromatic heterocycles. The van der Waals surface area contributed by atoms with Crippen molar-refractivity contribution in [1.29, 1.82) is 0 Å². The lowest BCUT2D eigenvalue weighted by molar-refractivity contribution is 0.0944. The van der Waals surface area contributed by atoms with E-state index in [-0.39, 0.29) is 11.7 Å². The summed E-state index contributed by atoms with van der Waals surface area (Å²) in [5.74, 6) is 0.243. The first kappa shape index (κ1) is 17.8. The van der Waals surface area contributed by atoms with Crippen molar-refractivity contribution in [3.05, 3.63) is 89.7 Å². The van der Waals surface area contributed by atoms with Crippen molar-refractivity contribution in [3.8, 4) is 5.75 Å². The average molecular weight is 348 g/mol. The molecule has 4 heteroatoms. The van der Waals surface area contributed by atoms with Crippen LogP contribution in [-0.4, -0.2) is 22.1 Å². The molecule has 0 fully saturated rings. The van der Waals surface area contributed by atoms with Gasteiger partial charge in [-0.3, -0.25) is 4.79 Å². The molecule has 0 atom stereocenters. The van der Waals surface area contributed by atoms with Crippen LogP contribution in [0.15, 0.2) is 72.9 Å². The van der Waals surface area contributed by atoms with Crippen LogP contribution in [0, 0.1) is 0 Å². The van der Waals surface area contributed by atoms with Crippen molar-refractivity contribution >= 4 is 5.91 Å². The molecule has 2 N–H and O–H groups in total. The number of hydrogen-bond donors (Lipinski definition) is 2. The quantitative estimate of drug-likeness (QED) is 0.609. The molecule has 0 spiro atoms. The highest BCUT2D eigenvalue weighted by atomic mass is 16.3. The zero-order valence-corrected chi connectivity index (χ0v) is 14.8. The monoisotopic (exact) mass is 348 g/mol. The summed E-state index contributed by atoms with van der Waals surface area (Å²) in [4.78, 5) is 12.4. The summed E-state index contributed by atoms with van der Waals surface area (Å²) < 4.78 is 2.00. The van der Waals surface area contributed by atoms with Crippen LogP contribution in [0.1, 0.15) is 28.0 Å². The van der Waals surface area contributed by atoms with Crippen LogP contribution in [0.4, 0.5) is 0 Å². The number of aryl methyl sites for hydroxylation is 3. The van der Waals surface area contributed by atoms with Crippen molar-refractivity contribution in [1.82, 2.24) is 9.88 Å². The predicted molar refractivity (Wildman–Crippen MR) is 103 cm³/mol. The van der Waals surface area contributed by atoms with Gasteiger partial charge in [-0.2, -0.15) is 0 Å². The summed E-state index contributed by atoms with van der Waals surface area (Å²) in [6.07, 6.45) is 4.59. The Kier molecular flexibility index (Phi) is 6.09. The maximum Gasteiger partial charge on any atom is 0.267 e. The lowest BCUT2D eigenvalue weighted by atomic mass is 10.1. The Morgan fingerprint density at radius 1 is 0.885 bits per heavy atom. The van der Waals surface area contributed by atoms with Crippen molar-refractivity contribution in [2.24, 2.45) is 0 Å². The van der Waals surface area contributed by atoms with Gasteiger partial charge in [-0.15, -0.1) is 0 Å². The van der Waals surface area contributed by atoms with E-state index in [1.165, 1.54) is 5.56 Å². The SMILES string of the molecule is O=C(NCCCc1ccc(O)cc1)c1cccn1CCc1ccccc1. The highest BCUT2D eigenvalue weighted by Crippen LogP contribution is 2.11. The van der Waals surface area contributed by atoms with Gasteiger partial charge >= 0.3 is 0 Å². The summed E-state index contributed by atoms with van der Waals surface area (Å²) in [6.45, 7) is 1.41. The number of rotatable bonds is 8. The fourth-order valence-electron chi connectivity index (χ4n) is 2.96. The molecule has 2 aromatic carbocycles. The fraction of sp³-hybridized carbons (Fsp3) is 0.227. The van der Waals surface area contributed by atoms with Crippen LogP contribution in [0.2, 0.25) is 0 Å². The highest BCUT2D eigenvalue weighted by Gasteiger charge is 2.10. The number of aromatic nitrogens is 1. The van der Waals surface area contributed by atoms with Crippen molar-refractivity contribution in [2.75, 3.05) is 6.54 Å². The molecule has 0 bridgehead atoms. The van der Waals surface area contributed by atoms with E-state index < -0.39 is 0 Å². The van der Waals surface area contributed by atoms with Crippen LogP contribution in [-0.2, 0) is 19.4 Å². The van der Waals surface area contributed by atoms with E-state index in [0.29, 0.717) is 12.2 Å². The molecule has 1 amide bonds. The van der Waals surface area contributed by atoms with E-state index in [1.54, 1.807) is 12.1 Å². The number of carbonyl (C=O) groups excluding carboxylic acids is 1. The average Bonchev–Trinajstić information content (AvgIpc) is 3.14. The molecule has 0 aliphatic carbocycles. The van der Waals surface area contributed by atoms with E-state index in [2.05, 4.69) is 17.4 Å². The second-order valence-corrected chi connectivity index (χ2v) is 6.35. The minimum Gasteiger partial charge on any atom is -0.508 e. The maximum absolute atomic E-state index is 12.4. The second kappa shape index (κ2) is 8.90. The number of phenolic OH excluding ortho intramolecular Hbond substituents is 1. The molecule has 0 saturated carbocycles. The zero-order chi connectivity index (χ0) is 18.2. The van der Waals surface area contributed by atoms with Gasteiger partial charge in [0.05, 0.1) is 0 Å². The Morgan fingerprint density at radius 3 is 2.38 bits per heavy atom. The predicted octanol–water partition coefficient (Wildman–Crippen LogP) is 3.80. The van der Waals surface area contributed by atoms with Gasteiger partial charge in [0, 0.05) is 19.3 Å². The Balaban J connectivity index is 1.46. The van der Waals surface area contributed by atoms with Gasteiger partial charge in [0.15, 0.2) is 0 Å². The molecule has 4 nitrogen and oxygen atoms in total. The Labute approximate surface area is 154 Å². The number of nitrogens with zero attached hydrogens (tertiary/aromatic N) is 1. The Morgan fingerprint density at radius 2 is 1.62 bits per heavy atom. The molecule has 0 aliphatic heterocycles. The third kappa shape index (κ3) is 4.99. The van der Waals surface area contributed by atoms with Gasteiger partial charge in [0.2, 0.25) is 0 Å². The molecule has 3 aromatic rings. The van der Waals surface area contributed by atoms with Gasteiger partial charge in [0.1, 0.15) is 11.4 Å². The largest absolute Gasteiger partial charge is 0.508 e. The molecule has 0 aliphatic rings. The Bertz CT molecular complexity index is 823. The van der Waals surface area contributed by atoms with Crippen LogP contribution < -0.4 is 5.32 Å². The van der Waals surface area contributed by atoms with Crippen molar-refractivity contribution in [3.63, 3.8) is 0 Å². The summed E-state index contributed by atoms with van der Waals surface area (Å²) >= 11 is 0. The third-order valence-electron chi connectivity index (χ3n) is 4.41. The van der Waals surface area contributed by atoms with Gasteiger partial charge in [-0.05, 0) is 54.7 Å². The van der Waals surface area contributed by atoms with Crippen LogP contribution in [0.3, 0.4) is 0 Å². The van der Waals surface area contributed by atoms with E-state index in [9.17, 15) is 9.90 Å². The van der Waals surface area contributed by atoms with Crippen molar-refractivity contribution in [2.45, 2.75) is 25.8 Å². The van der Waals surface area contributed by atoms with E-state index in [0.717, 1.165) is 31.4 Å². The smallest absolute Gasteiger partial charge is 0.267 e. The lowest BCUT2D eigenvalue weighted by Gasteiger charge is -2.10. The minimum atomic E-state index is -0.0335. The number of benzene rings is 2. The van der Waals surface area contributed by atoms with Gasteiger partial charge in [-0.1, -0.05) is 42.5 Å². The number of nitrogens with one attached hydrogen (secondary N) is 1. The molecule has 0 radical (unpaired) electrons. The lowest BCUT2D eigenvalue weighted by Crippen LogP contribution is -2.27. The van der Waals surface area contributed by atoms with Gasteiger partial charge in [-0.25, -0.2) is 0 Å². The summed E-state index contributed by atoms with van der Waals surface area (Å²) in [7, 11) is 0. The van der Waals surface area contributed by atoms with E-state index >= 15 is 0 Å². The summed E-state index contributed by atoms with van der Waals surface area (Å²) in [5, 5.41) is 12.3. The molecule has 0 unspecified atom stereocenters. The summed E-state index contributed by atoms with van der Waals surface area (Å²) in [6, 6.07) is 21.3. The maximum atomic E-state index is 12.4. The topological polar surface area (TPSA) is 54.3 Å². The molecular weight excluding hydrogens is 324 g/mol. The molecule has 134 valence electrons. The molecule has 0 saturated heterocycles. The highest BCUT2D eigenvalue weighted by molar-refractivity contribution is 5.92. The number of amides is 1. The normalized spacial score (nSPS) is 10.6. The van der Waals surface area contributed by atoms with Crippen LogP contribution in [0.5, 0.6) is 5.75 Å². The Hall–Kier alpha value is -3.01. The molecule has 1 heterocycles. The van der Waals surface area contributed by atoms with Crippen LogP contribution >= 0.6 is 0 Å². The molecule has 26 heavy (non-hydrogen) atoms. The van der Waals surface area contributed by atoms with E-state index in [1.807, 2.05) is 53.2 Å². The standard InChI is InChI=1S/C22H24N2O2/c25-20-12-10-19(11-13-20)8-4-15-23-22(26)21-9-5-16-24(21)17-14-18-6-2-1-3-7-18/h1-3,5-7,9-13,16,25H,4,8,14-15,17H2,(H,23,26). The van der Waals surface area contributed by atoms with E-state index in [4.69, 9.17) is 0 Å². The van der Waals surface area contributed by atoms with Gasteiger partial charge < -0.3 is 15.0 Å². The third-order valence-corrected chi connectivity index (χ3v) is 4.41. The number of aromatic hydroxyl groups is 1. The zero-order valence-electron chi connectivity index (χ0n) is 14.8. The first-order chi connectivity index (χ1) is 12.7. The number of hydrogen-bond acceptors (Lipinski definition) is 2. The molecule has 3 rings (SSSR count). The minimum absolute atomic E-state index is 0.0335. The summed E-state index contributed by atoms with van der Waals surface area (Å²) in [5.41, 5.74) is 3.12. The first-order valence-electron chi connectivity index (χ1n) is 8.97.